The molecule has 1 saturated heterocycles. The highest BCUT2D eigenvalue weighted by Gasteiger charge is 2.35. The van der Waals surface area contributed by atoms with E-state index in [1.54, 1.807) is 7.11 Å². The van der Waals surface area contributed by atoms with Gasteiger partial charge >= 0.3 is 0 Å². The number of imidazole rings is 1. The fourth-order valence-electron chi connectivity index (χ4n) is 3.70. The summed E-state index contributed by atoms with van der Waals surface area (Å²) in [6.07, 6.45) is 0.474. The zero-order valence-electron chi connectivity index (χ0n) is 14.5. The van der Waals surface area contributed by atoms with Crippen LogP contribution in [0.1, 0.15) is 25.1 Å². The number of para-hydroxylation sites is 4. The van der Waals surface area contributed by atoms with Gasteiger partial charge in [-0.25, -0.2) is 4.98 Å². The third-order valence-corrected chi connectivity index (χ3v) is 4.87. The number of aryl methyl sites for hydroxylation is 1. The molecule has 0 N–H and O–H groups in total. The average molecular weight is 335 g/mol. The second-order valence-corrected chi connectivity index (χ2v) is 6.28. The molecule has 1 amide bonds. The number of carbonyl (C=O) groups excluding carboxylic acids is 1. The van der Waals surface area contributed by atoms with Crippen LogP contribution in [-0.2, 0) is 11.3 Å². The maximum absolute atomic E-state index is 12.7. The van der Waals surface area contributed by atoms with Crippen LogP contribution in [0.4, 0.5) is 5.69 Å². The molecule has 128 valence electrons. The van der Waals surface area contributed by atoms with Gasteiger partial charge in [-0.1, -0.05) is 24.3 Å². The number of nitrogens with zero attached hydrogens (tertiary/aromatic N) is 3. The Morgan fingerprint density at radius 3 is 2.72 bits per heavy atom. The second-order valence-electron chi connectivity index (χ2n) is 6.28. The first-order chi connectivity index (χ1) is 12.2. The van der Waals surface area contributed by atoms with Crippen molar-refractivity contribution in [1.82, 2.24) is 9.55 Å². The molecule has 0 aliphatic carbocycles. The fraction of sp³-hybridized carbons (Fsp3) is 0.300. The van der Waals surface area contributed by atoms with Crippen molar-refractivity contribution in [1.29, 1.82) is 0 Å². The fourth-order valence-corrected chi connectivity index (χ4v) is 3.70. The van der Waals surface area contributed by atoms with E-state index in [4.69, 9.17) is 9.72 Å². The van der Waals surface area contributed by atoms with Crippen molar-refractivity contribution in [3.8, 4) is 5.75 Å². The highest BCUT2D eigenvalue weighted by atomic mass is 16.5. The molecule has 0 unspecified atom stereocenters. The van der Waals surface area contributed by atoms with Crippen LogP contribution in [-0.4, -0.2) is 29.1 Å². The van der Waals surface area contributed by atoms with Crippen LogP contribution >= 0.6 is 0 Å². The molecule has 1 atom stereocenters. The third kappa shape index (κ3) is 2.56. The van der Waals surface area contributed by atoms with Gasteiger partial charge in [0.1, 0.15) is 11.6 Å². The summed E-state index contributed by atoms with van der Waals surface area (Å²) in [6.45, 7) is 3.59. The minimum atomic E-state index is 0.0877. The summed E-state index contributed by atoms with van der Waals surface area (Å²) >= 11 is 0. The summed E-state index contributed by atoms with van der Waals surface area (Å²) in [7, 11) is 1.63. The topological polar surface area (TPSA) is 47.4 Å². The van der Waals surface area contributed by atoms with Crippen molar-refractivity contribution in [3.05, 3.63) is 54.4 Å². The lowest BCUT2D eigenvalue weighted by Crippen LogP contribution is -2.25. The van der Waals surface area contributed by atoms with E-state index >= 15 is 0 Å². The predicted molar refractivity (Wildman–Crippen MR) is 98.1 cm³/mol. The van der Waals surface area contributed by atoms with Crippen molar-refractivity contribution in [2.24, 2.45) is 0 Å². The molecule has 4 rings (SSSR count). The monoisotopic (exact) mass is 335 g/mol. The van der Waals surface area contributed by atoms with Crippen LogP contribution in [0.5, 0.6) is 5.75 Å². The molecular weight excluding hydrogens is 314 g/mol. The normalized spacial score (nSPS) is 17.4. The quantitative estimate of drug-likeness (QED) is 0.732. The predicted octanol–water partition coefficient (Wildman–Crippen LogP) is 3.59. The van der Waals surface area contributed by atoms with Gasteiger partial charge in [0, 0.05) is 25.4 Å². The molecule has 2 heterocycles. The van der Waals surface area contributed by atoms with E-state index in [0.717, 1.165) is 34.8 Å². The smallest absolute Gasteiger partial charge is 0.227 e. The Kier molecular flexibility index (Phi) is 3.92. The highest BCUT2D eigenvalue weighted by molar-refractivity contribution is 5.97. The first kappa shape index (κ1) is 15.7. The minimum Gasteiger partial charge on any atom is -0.495 e. The summed E-state index contributed by atoms with van der Waals surface area (Å²) in [5.74, 6) is 1.92. The average Bonchev–Trinajstić information content (AvgIpc) is 3.21. The standard InChI is InChI=1S/C20H21N3O2/c1-3-22-16-9-5-4-8-15(16)21-20(22)14-12-19(24)23(13-14)17-10-6-7-11-18(17)25-2/h4-11,14H,3,12-13H2,1-2H3/t14-/m1/s1. The number of ether oxygens (including phenoxy) is 1. The van der Waals surface area contributed by atoms with Crippen LogP contribution in [0.15, 0.2) is 48.5 Å². The number of hydrogen-bond donors (Lipinski definition) is 0. The molecule has 1 fully saturated rings. The molecule has 1 aromatic heterocycles. The van der Waals surface area contributed by atoms with Crippen LogP contribution in [0.3, 0.4) is 0 Å². The van der Waals surface area contributed by atoms with Gasteiger partial charge in [-0.15, -0.1) is 0 Å². The maximum Gasteiger partial charge on any atom is 0.227 e. The van der Waals surface area contributed by atoms with E-state index in [-0.39, 0.29) is 11.8 Å². The number of anilines is 1. The van der Waals surface area contributed by atoms with Gasteiger partial charge in [0.2, 0.25) is 5.91 Å². The largest absolute Gasteiger partial charge is 0.495 e. The summed E-state index contributed by atoms with van der Waals surface area (Å²) in [4.78, 5) is 19.3. The number of rotatable bonds is 4. The number of aromatic nitrogens is 2. The zero-order chi connectivity index (χ0) is 17.4. The van der Waals surface area contributed by atoms with Crippen LogP contribution in [0.25, 0.3) is 11.0 Å². The number of fused-ring (bicyclic) bond motifs is 1. The Morgan fingerprint density at radius 2 is 1.92 bits per heavy atom. The molecule has 0 spiro atoms. The number of carbonyl (C=O) groups is 1. The van der Waals surface area contributed by atoms with Gasteiger partial charge in [-0.05, 0) is 31.2 Å². The molecule has 0 bridgehead atoms. The molecule has 5 nitrogen and oxygen atoms in total. The van der Waals surface area contributed by atoms with Crippen LogP contribution < -0.4 is 9.64 Å². The van der Waals surface area contributed by atoms with Crippen molar-refractivity contribution in [3.63, 3.8) is 0 Å². The van der Waals surface area contributed by atoms with Gasteiger partial charge in [0.15, 0.2) is 0 Å². The lowest BCUT2D eigenvalue weighted by atomic mass is 10.1. The first-order valence-corrected chi connectivity index (χ1v) is 8.61. The summed E-state index contributed by atoms with van der Waals surface area (Å²) < 4.78 is 7.65. The molecule has 1 aliphatic heterocycles. The van der Waals surface area contributed by atoms with Crippen LogP contribution in [0.2, 0.25) is 0 Å². The van der Waals surface area contributed by atoms with Gasteiger partial charge in [0.25, 0.3) is 0 Å². The first-order valence-electron chi connectivity index (χ1n) is 8.61. The minimum absolute atomic E-state index is 0.0877. The molecule has 0 saturated carbocycles. The van der Waals surface area contributed by atoms with E-state index in [1.165, 1.54) is 0 Å². The lowest BCUT2D eigenvalue weighted by molar-refractivity contribution is -0.117. The molecule has 2 aromatic carbocycles. The van der Waals surface area contributed by atoms with Gasteiger partial charge in [-0.3, -0.25) is 4.79 Å². The molecule has 0 radical (unpaired) electrons. The van der Waals surface area contributed by atoms with E-state index in [9.17, 15) is 4.79 Å². The van der Waals surface area contributed by atoms with Crippen LogP contribution in [0, 0.1) is 0 Å². The zero-order valence-corrected chi connectivity index (χ0v) is 14.5. The number of benzene rings is 2. The number of hydrogen-bond acceptors (Lipinski definition) is 3. The summed E-state index contributed by atoms with van der Waals surface area (Å²) in [5.41, 5.74) is 2.95. The SMILES string of the molecule is CCn1c([C@@H]2CC(=O)N(c3ccccc3OC)C2)nc2ccccc21. The van der Waals surface area contributed by atoms with Gasteiger partial charge in [0.05, 0.1) is 23.8 Å². The maximum atomic E-state index is 12.7. The van der Waals surface area contributed by atoms with E-state index < -0.39 is 0 Å². The van der Waals surface area contributed by atoms with Gasteiger partial charge < -0.3 is 14.2 Å². The lowest BCUT2D eigenvalue weighted by Gasteiger charge is -2.19. The molecule has 5 heteroatoms. The Balaban J connectivity index is 1.71. The van der Waals surface area contributed by atoms with E-state index in [1.807, 2.05) is 47.4 Å². The highest BCUT2D eigenvalue weighted by Crippen LogP contribution is 2.36. The Morgan fingerprint density at radius 1 is 1.16 bits per heavy atom. The molecular formula is C20H21N3O2. The summed E-state index contributed by atoms with van der Waals surface area (Å²) in [5, 5.41) is 0. The molecule has 3 aromatic rings. The number of methoxy groups -OCH3 is 1. The van der Waals surface area contributed by atoms with Gasteiger partial charge in [-0.2, -0.15) is 0 Å². The summed E-state index contributed by atoms with van der Waals surface area (Å²) in [6, 6.07) is 15.8. The second kappa shape index (κ2) is 6.24. The Hall–Kier alpha value is -2.82. The van der Waals surface area contributed by atoms with E-state index in [0.29, 0.717) is 13.0 Å². The number of amides is 1. The van der Waals surface area contributed by atoms with Crippen molar-refractivity contribution < 1.29 is 9.53 Å². The third-order valence-electron chi connectivity index (χ3n) is 4.87. The molecule has 25 heavy (non-hydrogen) atoms. The van der Waals surface area contributed by atoms with E-state index in [2.05, 4.69) is 17.6 Å². The van der Waals surface area contributed by atoms with Crippen molar-refractivity contribution >= 4 is 22.6 Å². The van der Waals surface area contributed by atoms with Crippen molar-refractivity contribution in [2.75, 3.05) is 18.6 Å². The Labute approximate surface area is 146 Å². The van der Waals surface area contributed by atoms with Crippen molar-refractivity contribution in [2.45, 2.75) is 25.8 Å². The Bertz CT molecular complexity index is 932. The molecule has 1 aliphatic rings.